The van der Waals surface area contributed by atoms with E-state index >= 15 is 0 Å². The number of anilines is 1. The number of likely N-dealkylation sites (tertiary alicyclic amines) is 1. The number of carbonyl (C=O) groups is 2. The van der Waals surface area contributed by atoms with E-state index < -0.39 is 0 Å². The van der Waals surface area contributed by atoms with E-state index in [0.717, 1.165) is 23.7 Å². The minimum absolute atomic E-state index is 0.0206. The van der Waals surface area contributed by atoms with Gasteiger partial charge >= 0.3 is 0 Å². The molecular weight excluding hydrogens is 314 g/mol. The molecule has 0 N–H and O–H groups in total. The van der Waals surface area contributed by atoms with Crippen molar-refractivity contribution in [3.05, 3.63) is 28.5 Å². The van der Waals surface area contributed by atoms with Crippen LogP contribution in [-0.2, 0) is 4.79 Å². The van der Waals surface area contributed by atoms with Crippen molar-refractivity contribution < 1.29 is 9.59 Å². The standard InChI is InChI=1S/C15H17N5O2S/c1-10-17-13(9-23-10)15(22)18-6-12(7-18)20-8-11(5-16-20)19-4-2-3-14(19)21/h5,8-9,12H,2-4,6-7H2,1H3. The summed E-state index contributed by atoms with van der Waals surface area (Å²) in [5.41, 5.74) is 1.38. The predicted octanol–water partition coefficient (Wildman–Crippen LogP) is 1.47. The molecule has 0 aromatic carbocycles. The molecule has 4 rings (SSSR count). The molecule has 0 atom stereocenters. The molecule has 2 aliphatic heterocycles. The number of aromatic nitrogens is 3. The van der Waals surface area contributed by atoms with Crippen LogP contribution >= 0.6 is 11.3 Å². The molecule has 2 fully saturated rings. The summed E-state index contributed by atoms with van der Waals surface area (Å²) in [6.45, 7) is 3.92. The smallest absolute Gasteiger partial charge is 0.273 e. The van der Waals surface area contributed by atoms with Crippen molar-refractivity contribution in [2.75, 3.05) is 24.5 Å². The number of rotatable bonds is 3. The lowest BCUT2D eigenvalue weighted by molar-refractivity contribution is -0.117. The second-order valence-electron chi connectivity index (χ2n) is 5.94. The van der Waals surface area contributed by atoms with Crippen molar-refractivity contribution in [1.82, 2.24) is 19.7 Å². The van der Waals surface area contributed by atoms with Gasteiger partial charge in [0.1, 0.15) is 5.69 Å². The Bertz CT molecular complexity index is 762. The van der Waals surface area contributed by atoms with Crippen LogP contribution in [0.4, 0.5) is 5.69 Å². The van der Waals surface area contributed by atoms with Gasteiger partial charge in [-0.2, -0.15) is 5.10 Å². The summed E-state index contributed by atoms with van der Waals surface area (Å²) in [6.07, 6.45) is 5.16. The van der Waals surface area contributed by atoms with Crippen LogP contribution in [0.5, 0.6) is 0 Å². The first-order valence-corrected chi connectivity index (χ1v) is 8.56. The number of thiazole rings is 1. The molecule has 120 valence electrons. The molecule has 0 aliphatic carbocycles. The number of hydrogen-bond donors (Lipinski definition) is 0. The zero-order chi connectivity index (χ0) is 16.0. The van der Waals surface area contributed by atoms with Gasteiger partial charge in [0.05, 0.1) is 22.9 Å². The lowest BCUT2D eigenvalue weighted by Crippen LogP contribution is -2.51. The molecule has 2 aliphatic rings. The fraction of sp³-hybridized carbons (Fsp3) is 0.467. The first-order chi connectivity index (χ1) is 11.1. The van der Waals surface area contributed by atoms with Gasteiger partial charge < -0.3 is 9.80 Å². The van der Waals surface area contributed by atoms with Gasteiger partial charge in [-0.15, -0.1) is 11.3 Å². The number of amides is 2. The van der Waals surface area contributed by atoms with Crippen LogP contribution in [0.25, 0.3) is 0 Å². The summed E-state index contributed by atoms with van der Waals surface area (Å²) in [5.74, 6) is 0.140. The molecule has 23 heavy (non-hydrogen) atoms. The molecular formula is C15H17N5O2S. The maximum atomic E-state index is 12.3. The Labute approximate surface area is 137 Å². The highest BCUT2D eigenvalue weighted by atomic mass is 32.1. The van der Waals surface area contributed by atoms with E-state index in [1.54, 1.807) is 21.4 Å². The minimum Gasteiger partial charge on any atom is -0.333 e. The van der Waals surface area contributed by atoms with E-state index in [9.17, 15) is 9.59 Å². The number of nitrogens with zero attached hydrogens (tertiary/aromatic N) is 5. The molecule has 0 radical (unpaired) electrons. The van der Waals surface area contributed by atoms with Gasteiger partial charge in [0.2, 0.25) is 5.91 Å². The molecule has 2 aromatic heterocycles. The van der Waals surface area contributed by atoms with Crippen LogP contribution in [0, 0.1) is 6.92 Å². The van der Waals surface area contributed by atoms with Gasteiger partial charge in [-0.1, -0.05) is 0 Å². The second kappa shape index (κ2) is 5.45. The van der Waals surface area contributed by atoms with Crippen molar-refractivity contribution in [2.45, 2.75) is 25.8 Å². The van der Waals surface area contributed by atoms with Crippen molar-refractivity contribution in [2.24, 2.45) is 0 Å². The average Bonchev–Trinajstić information content (AvgIpc) is 3.18. The Morgan fingerprint density at radius 3 is 2.87 bits per heavy atom. The van der Waals surface area contributed by atoms with Crippen LogP contribution < -0.4 is 4.90 Å². The zero-order valence-electron chi connectivity index (χ0n) is 12.8. The molecule has 0 unspecified atom stereocenters. The Hall–Kier alpha value is -2.22. The summed E-state index contributed by atoms with van der Waals surface area (Å²) < 4.78 is 1.86. The zero-order valence-corrected chi connectivity index (χ0v) is 13.6. The van der Waals surface area contributed by atoms with Crippen molar-refractivity contribution in [3.8, 4) is 0 Å². The third-order valence-electron chi connectivity index (χ3n) is 4.33. The van der Waals surface area contributed by atoms with E-state index in [2.05, 4.69) is 10.1 Å². The Morgan fingerprint density at radius 1 is 1.39 bits per heavy atom. The van der Waals surface area contributed by atoms with E-state index in [-0.39, 0.29) is 17.9 Å². The van der Waals surface area contributed by atoms with Gasteiger partial charge in [0.15, 0.2) is 0 Å². The summed E-state index contributed by atoms with van der Waals surface area (Å²) >= 11 is 1.49. The van der Waals surface area contributed by atoms with Crippen molar-refractivity contribution in [1.29, 1.82) is 0 Å². The Balaban J connectivity index is 1.39. The summed E-state index contributed by atoms with van der Waals surface area (Å²) in [5, 5.41) is 7.06. The minimum atomic E-state index is -0.0206. The fourth-order valence-electron chi connectivity index (χ4n) is 3.00. The highest BCUT2D eigenvalue weighted by Crippen LogP contribution is 2.26. The molecule has 7 nitrogen and oxygen atoms in total. The SMILES string of the molecule is Cc1nc(C(=O)N2CC(n3cc(N4CCCC4=O)cn3)C2)cs1. The van der Waals surface area contributed by atoms with Gasteiger partial charge in [-0.25, -0.2) is 4.98 Å². The Morgan fingerprint density at radius 2 is 2.22 bits per heavy atom. The summed E-state index contributed by atoms with van der Waals surface area (Å²) in [6, 6.07) is 0.171. The predicted molar refractivity (Wildman–Crippen MR) is 85.6 cm³/mol. The maximum Gasteiger partial charge on any atom is 0.273 e. The maximum absolute atomic E-state index is 12.3. The molecule has 0 saturated carbocycles. The second-order valence-corrected chi connectivity index (χ2v) is 7.01. The first kappa shape index (κ1) is 14.4. The lowest BCUT2D eigenvalue weighted by atomic mass is 10.1. The van der Waals surface area contributed by atoms with Gasteiger partial charge in [-0.3, -0.25) is 14.3 Å². The highest BCUT2D eigenvalue weighted by molar-refractivity contribution is 7.09. The molecule has 2 aromatic rings. The van der Waals surface area contributed by atoms with E-state index in [1.807, 2.05) is 17.8 Å². The van der Waals surface area contributed by atoms with Crippen LogP contribution in [0.15, 0.2) is 17.8 Å². The van der Waals surface area contributed by atoms with E-state index in [4.69, 9.17) is 0 Å². The summed E-state index contributed by atoms with van der Waals surface area (Å²) in [7, 11) is 0. The van der Waals surface area contributed by atoms with Crippen molar-refractivity contribution >= 4 is 28.8 Å². The largest absolute Gasteiger partial charge is 0.333 e. The number of aryl methyl sites for hydroxylation is 1. The normalized spacial score (nSPS) is 18.6. The number of hydrogen-bond acceptors (Lipinski definition) is 5. The van der Waals surface area contributed by atoms with E-state index in [1.165, 1.54) is 11.3 Å². The van der Waals surface area contributed by atoms with Crippen molar-refractivity contribution in [3.63, 3.8) is 0 Å². The van der Waals surface area contributed by atoms with Gasteiger partial charge in [0, 0.05) is 37.6 Å². The molecule has 0 bridgehead atoms. The molecule has 2 saturated heterocycles. The third-order valence-corrected chi connectivity index (χ3v) is 5.11. The Kier molecular flexibility index (Phi) is 3.41. The van der Waals surface area contributed by atoms with Crippen LogP contribution in [-0.4, -0.2) is 51.1 Å². The fourth-order valence-corrected chi connectivity index (χ4v) is 3.59. The third kappa shape index (κ3) is 2.52. The number of carbonyl (C=O) groups excluding carboxylic acids is 2. The van der Waals surface area contributed by atoms with Crippen LogP contribution in [0.1, 0.15) is 34.4 Å². The molecule has 8 heteroatoms. The molecule has 4 heterocycles. The topological polar surface area (TPSA) is 71.3 Å². The van der Waals surface area contributed by atoms with Gasteiger partial charge in [0.25, 0.3) is 5.91 Å². The highest BCUT2D eigenvalue weighted by Gasteiger charge is 2.34. The molecule has 2 amide bonds. The van der Waals surface area contributed by atoms with Crippen LogP contribution in [0.3, 0.4) is 0 Å². The summed E-state index contributed by atoms with van der Waals surface area (Å²) in [4.78, 5) is 31.8. The van der Waals surface area contributed by atoms with Crippen LogP contribution in [0.2, 0.25) is 0 Å². The monoisotopic (exact) mass is 331 g/mol. The molecule has 0 spiro atoms. The van der Waals surface area contributed by atoms with E-state index in [0.29, 0.717) is 25.2 Å². The first-order valence-electron chi connectivity index (χ1n) is 7.68. The van der Waals surface area contributed by atoms with Gasteiger partial charge in [-0.05, 0) is 13.3 Å². The lowest BCUT2D eigenvalue weighted by Gasteiger charge is -2.38. The quantitative estimate of drug-likeness (QED) is 0.854. The average molecular weight is 331 g/mol.